The molecular formula is C24H23Cl2N3O2. The molecule has 0 bridgehead atoms. The van der Waals surface area contributed by atoms with Gasteiger partial charge in [0.05, 0.1) is 0 Å². The third-order valence-electron chi connectivity index (χ3n) is 6.06. The van der Waals surface area contributed by atoms with Crippen molar-refractivity contribution in [1.29, 1.82) is 0 Å². The molecule has 0 unspecified atom stereocenters. The molecule has 0 spiro atoms. The van der Waals surface area contributed by atoms with Crippen molar-refractivity contribution in [2.45, 2.75) is 0 Å². The van der Waals surface area contributed by atoms with Gasteiger partial charge in [-0.15, -0.1) is 12.4 Å². The van der Waals surface area contributed by atoms with Gasteiger partial charge in [-0.05, 0) is 41.8 Å². The molecule has 3 aromatic carbocycles. The molecule has 2 aliphatic rings. The van der Waals surface area contributed by atoms with E-state index in [1.165, 1.54) is 10.6 Å². The van der Waals surface area contributed by atoms with Crippen LogP contribution in [0, 0.1) is 0 Å². The van der Waals surface area contributed by atoms with E-state index in [-0.39, 0.29) is 24.2 Å². The summed E-state index contributed by atoms with van der Waals surface area (Å²) in [6.07, 6.45) is 0. The first kappa shape index (κ1) is 21.6. The highest BCUT2D eigenvalue weighted by molar-refractivity contribution is 6.30. The van der Waals surface area contributed by atoms with E-state index in [2.05, 4.69) is 9.80 Å². The molecule has 5 nitrogen and oxygen atoms in total. The minimum Gasteiger partial charge on any atom is -0.369 e. The summed E-state index contributed by atoms with van der Waals surface area (Å²) in [5, 5.41) is 2.46. The summed E-state index contributed by atoms with van der Waals surface area (Å²) < 4.78 is 0. The molecule has 2 heterocycles. The van der Waals surface area contributed by atoms with E-state index in [0.717, 1.165) is 42.0 Å². The van der Waals surface area contributed by atoms with Crippen molar-refractivity contribution in [3.8, 4) is 0 Å². The van der Waals surface area contributed by atoms with E-state index in [1.54, 1.807) is 0 Å². The van der Waals surface area contributed by atoms with Crippen LogP contribution in [0.3, 0.4) is 0 Å². The average molecular weight is 456 g/mol. The summed E-state index contributed by atoms with van der Waals surface area (Å²) in [4.78, 5) is 32.1. The van der Waals surface area contributed by atoms with Gasteiger partial charge in [0.2, 0.25) is 0 Å². The SMILES string of the molecule is Cl.O=C1c2cccc3cccc(c23)C(=O)N1CCN1CCN(c2ccc(Cl)cc2)CC1. The number of piperazine rings is 1. The highest BCUT2D eigenvalue weighted by Gasteiger charge is 2.32. The fourth-order valence-electron chi connectivity index (χ4n) is 4.41. The number of nitrogens with zero attached hydrogens (tertiary/aromatic N) is 3. The molecule has 3 aromatic rings. The van der Waals surface area contributed by atoms with Crippen LogP contribution in [-0.2, 0) is 0 Å². The van der Waals surface area contributed by atoms with Crippen LogP contribution in [0.25, 0.3) is 10.8 Å². The number of hydrogen-bond acceptors (Lipinski definition) is 4. The van der Waals surface area contributed by atoms with Crippen LogP contribution in [0.4, 0.5) is 5.69 Å². The predicted molar refractivity (Wildman–Crippen MR) is 127 cm³/mol. The Kier molecular flexibility index (Phi) is 6.19. The van der Waals surface area contributed by atoms with Crippen molar-refractivity contribution in [2.24, 2.45) is 0 Å². The first-order valence-corrected chi connectivity index (χ1v) is 10.6. The lowest BCUT2D eigenvalue weighted by atomic mass is 9.94. The van der Waals surface area contributed by atoms with Crippen molar-refractivity contribution >= 4 is 52.3 Å². The van der Waals surface area contributed by atoms with Crippen LogP contribution >= 0.6 is 24.0 Å². The molecule has 2 aliphatic heterocycles. The first-order chi connectivity index (χ1) is 14.6. The third kappa shape index (κ3) is 4.01. The second-order valence-electron chi connectivity index (χ2n) is 7.78. The number of benzene rings is 3. The number of amides is 2. The van der Waals surface area contributed by atoms with Crippen molar-refractivity contribution in [3.05, 3.63) is 76.8 Å². The summed E-state index contributed by atoms with van der Waals surface area (Å²) in [6, 6.07) is 19.2. The van der Waals surface area contributed by atoms with Crippen LogP contribution < -0.4 is 4.90 Å². The van der Waals surface area contributed by atoms with Crippen molar-refractivity contribution in [3.63, 3.8) is 0 Å². The molecule has 160 valence electrons. The first-order valence-electron chi connectivity index (χ1n) is 10.2. The van der Waals surface area contributed by atoms with Gasteiger partial charge in [0.15, 0.2) is 0 Å². The maximum absolute atomic E-state index is 13.0. The Balaban J connectivity index is 0.00000231. The van der Waals surface area contributed by atoms with E-state index < -0.39 is 0 Å². The van der Waals surface area contributed by atoms with E-state index in [4.69, 9.17) is 11.6 Å². The van der Waals surface area contributed by atoms with Crippen LogP contribution in [-0.4, -0.2) is 60.9 Å². The number of carbonyl (C=O) groups is 2. The zero-order valence-corrected chi connectivity index (χ0v) is 18.5. The van der Waals surface area contributed by atoms with Crippen LogP contribution in [0.1, 0.15) is 20.7 Å². The Morgan fingerprint density at radius 1 is 0.742 bits per heavy atom. The zero-order chi connectivity index (χ0) is 20.7. The molecule has 1 saturated heterocycles. The molecular weight excluding hydrogens is 433 g/mol. The Morgan fingerprint density at radius 2 is 1.32 bits per heavy atom. The third-order valence-corrected chi connectivity index (χ3v) is 6.31. The summed E-state index contributed by atoms with van der Waals surface area (Å²) in [7, 11) is 0. The molecule has 0 aromatic heterocycles. The van der Waals surface area contributed by atoms with Gasteiger partial charge >= 0.3 is 0 Å². The van der Waals surface area contributed by atoms with E-state index in [0.29, 0.717) is 24.2 Å². The molecule has 1 fully saturated rings. The largest absolute Gasteiger partial charge is 0.369 e. The van der Waals surface area contributed by atoms with Gasteiger partial charge in [-0.2, -0.15) is 0 Å². The topological polar surface area (TPSA) is 43.9 Å². The monoisotopic (exact) mass is 455 g/mol. The lowest BCUT2D eigenvalue weighted by molar-refractivity contribution is 0.0591. The number of anilines is 1. The van der Waals surface area contributed by atoms with Gasteiger partial charge in [-0.1, -0.05) is 35.9 Å². The van der Waals surface area contributed by atoms with Crippen molar-refractivity contribution in [1.82, 2.24) is 9.80 Å². The van der Waals surface area contributed by atoms with Gasteiger partial charge < -0.3 is 4.90 Å². The second-order valence-corrected chi connectivity index (χ2v) is 8.21. The van der Waals surface area contributed by atoms with Crippen LogP contribution in [0.2, 0.25) is 5.02 Å². The minimum atomic E-state index is -0.191. The summed E-state index contributed by atoms with van der Waals surface area (Å²) in [5.74, 6) is -0.381. The van der Waals surface area contributed by atoms with Gasteiger partial charge in [-0.3, -0.25) is 19.4 Å². The number of halogens is 2. The normalized spacial score (nSPS) is 16.5. The molecule has 0 N–H and O–H groups in total. The second kappa shape index (κ2) is 8.87. The zero-order valence-electron chi connectivity index (χ0n) is 17.0. The molecule has 0 aliphatic carbocycles. The number of imide groups is 1. The molecule has 0 atom stereocenters. The highest BCUT2D eigenvalue weighted by atomic mass is 35.5. The summed E-state index contributed by atoms with van der Waals surface area (Å²) >= 11 is 5.98. The minimum absolute atomic E-state index is 0. The smallest absolute Gasteiger partial charge is 0.261 e. The molecule has 0 radical (unpaired) electrons. The number of rotatable bonds is 4. The number of carbonyl (C=O) groups excluding carboxylic acids is 2. The maximum Gasteiger partial charge on any atom is 0.261 e. The quantitative estimate of drug-likeness (QED) is 0.549. The Morgan fingerprint density at radius 3 is 1.90 bits per heavy atom. The standard InChI is InChI=1S/C24H22ClN3O2.ClH/c25-18-7-9-19(10-8-18)27-14-11-26(12-15-27)13-16-28-23(29)20-5-1-3-17-4-2-6-21(22(17)20)24(28)30;/h1-10H,11-16H2;1H. The molecule has 31 heavy (non-hydrogen) atoms. The van der Waals surface area contributed by atoms with Crippen molar-refractivity contribution in [2.75, 3.05) is 44.2 Å². The Bertz CT molecular complexity index is 1070. The van der Waals surface area contributed by atoms with Gasteiger partial charge in [0, 0.05) is 66.5 Å². The highest BCUT2D eigenvalue weighted by Crippen LogP contribution is 2.30. The maximum atomic E-state index is 13.0. The van der Waals surface area contributed by atoms with Gasteiger partial charge in [-0.25, -0.2) is 0 Å². The van der Waals surface area contributed by atoms with Crippen LogP contribution in [0.5, 0.6) is 0 Å². The van der Waals surface area contributed by atoms with Gasteiger partial charge in [0.1, 0.15) is 0 Å². The van der Waals surface area contributed by atoms with E-state index >= 15 is 0 Å². The Hall–Kier alpha value is -2.60. The van der Waals surface area contributed by atoms with Gasteiger partial charge in [0.25, 0.3) is 11.8 Å². The Labute approximate surface area is 192 Å². The molecule has 0 saturated carbocycles. The average Bonchev–Trinajstić information content (AvgIpc) is 2.78. The van der Waals surface area contributed by atoms with Crippen LogP contribution in [0.15, 0.2) is 60.7 Å². The lowest BCUT2D eigenvalue weighted by Gasteiger charge is -2.37. The van der Waals surface area contributed by atoms with E-state index in [1.807, 2.05) is 60.7 Å². The predicted octanol–water partition coefficient (Wildman–Crippen LogP) is 4.33. The molecule has 2 amide bonds. The molecule has 7 heteroatoms. The molecule has 5 rings (SSSR count). The van der Waals surface area contributed by atoms with Crippen molar-refractivity contribution < 1.29 is 9.59 Å². The van der Waals surface area contributed by atoms with E-state index in [9.17, 15) is 9.59 Å². The summed E-state index contributed by atoms with van der Waals surface area (Å²) in [6.45, 7) is 4.70. The number of hydrogen-bond donors (Lipinski definition) is 0. The summed E-state index contributed by atoms with van der Waals surface area (Å²) in [5.41, 5.74) is 2.41. The fraction of sp³-hybridized carbons (Fsp3) is 0.250. The lowest BCUT2D eigenvalue weighted by Crippen LogP contribution is -2.50. The fourth-order valence-corrected chi connectivity index (χ4v) is 4.53.